The highest BCUT2D eigenvalue weighted by Gasteiger charge is 2.35. The number of ether oxygens (including phenoxy) is 1. The Balaban J connectivity index is 1.58. The number of methoxy groups -OCH3 is 1. The maximum absolute atomic E-state index is 14.2. The Morgan fingerprint density at radius 2 is 1.74 bits per heavy atom. The van der Waals surface area contributed by atoms with Crippen molar-refractivity contribution in [1.82, 2.24) is 30.5 Å². The molecule has 11 heteroatoms. The molecule has 2 amide bonds. The monoisotopic (exact) mass is 583 g/mol. The molecular formula is C31H30ClN7O3. The van der Waals surface area contributed by atoms with Gasteiger partial charge in [0.1, 0.15) is 18.3 Å². The molecule has 0 aliphatic rings. The Morgan fingerprint density at radius 1 is 1.02 bits per heavy atom. The third kappa shape index (κ3) is 6.55. The Labute approximate surface area is 248 Å². The van der Waals surface area contributed by atoms with E-state index in [1.54, 1.807) is 61.8 Å². The van der Waals surface area contributed by atoms with Crippen LogP contribution in [-0.4, -0.2) is 49.7 Å². The first-order chi connectivity index (χ1) is 20.1. The second kappa shape index (κ2) is 12.0. The van der Waals surface area contributed by atoms with Crippen molar-refractivity contribution in [2.45, 2.75) is 38.9 Å². The van der Waals surface area contributed by atoms with E-state index >= 15 is 0 Å². The number of hydrogen-bond acceptors (Lipinski definition) is 7. The van der Waals surface area contributed by atoms with Crippen LogP contribution in [0.4, 0.5) is 5.69 Å². The van der Waals surface area contributed by atoms with Crippen molar-refractivity contribution < 1.29 is 14.3 Å². The molecule has 0 saturated carbocycles. The van der Waals surface area contributed by atoms with Crippen molar-refractivity contribution in [3.63, 3.8) is 0 Å². The fourth-order valence-electron chi connectivity index (χ4n) is 4.49. The molecule has 0 fully saturated rings. The van der Waals surface area contributed by atoms with Gasteiger partial charge in [-0.3, -0.25) is 19.5 Å². The van der Waals surface area contributed by atoms with E-state index in [1.165, 1.54) is 9.70 Å². The molecule has 5 aromatic rings. The number of halogens is 1. The van der Waals surface area contributed by atoms with Crippen molar-refractivity contribution in [2.24, 2.45) is 0 Å². The number of rotatable bonds is 8. The summed E-state index contributed by atoms with van der Waals surface area (Å²) in [5.74, 6) is 0.177. The van der Waals surface area contributed by atoms with E-state index in [0.717, 1.165) is 10.9 Å². The maximum atomic E-state index is 14.2. The summed E-state index contributed by atoms with van der Waals surface area (Å²) in [7, 11) is 1.57. The first-order valence-corrected chi connectivity index (χ1v) is 13.7. The van der Waals surface area contributed by atoms with Crippen LogP contribution in [0, 0.1) is 0 Å². The number of anilines is 1. The van der Waals surface area contributed by atoms with Crippen LogP contribution in [0.5, 0.6) is 5.75 Å². The average Bonchev–Trinajstić information content (AvgIpc) is 3.43. The van der Waals surface area contributed by atoms with Gasteiger partial charge in [-0.05, 0) is 80.1 Å². The van der Waals surface area contributed by atoms with E-state index in [9.17, 15) is 9.59 Å². The average molecular weight is 584 g/mol. The first-order valence-electron chi connectivity index (χ1n) is 13.3. The number of tetrazole rings is 1. The van der Waals surface area contributed by atoms with Crippen LogP contribution in [0.2, 0.25) is 5.02 Å². The summed E-state index contributed by atoms with van der Waals surface area (Å²) in [6.45, 7) is 5.38. The number of carbonyl (C=O) groups is 2. The van der Waals surface area contributed by atoms with Crippen molar-refractivity contribution >= 4 is 40.0 Å². The molecule has 10 nitrogen and oxygen atoms in total. The number of pyridine rings is 1. The fraction of sp³-hybridized carbons (Fsp3) is 0.226. The summed E-state index contributed by atoms with van der Waals surface area (Å²) in [6.07, 6.45) is 1.59. The van der Waals surface area contributed by atoms with Gasteiger partial charge in [0.05, 0.1) is 24.5 Å². The number of fused-ring (bicyclic) bond motifs is 1. The van der Waals surface area contributed by atoms with Crippen molar-refractivity contribution in [3.8, 4) is 17.1 Å². The molecule has 1 atom stereocenters. The molecule has 0 aliphatic heterocycles. The van der Waals surface area contributed by atoms with Crippen LogP contribution in [0.25, 0.3) is 22.3 Å². The van der Waals surface area contributed by atoms with Gasteiger partial charge in [0.25, 0.3) is 5.91 Å². The highest BCUT2D eigenvalue weighted by molar-refractivity contribution is 6.30. The van der Waals surface area contributed by atoms with E-state index in [1.807, 2.05) is 51.1 Å². The fourth-order valence-corrected chi connectivity index (χ4v) is 4.62. The van der Waals surface area contributed by atoms with Crippen LogP contribution in [0.15, 0.2) is 85.1 Å². The minimum Gasteiger partial charge on any atom is -0.497 e. The number of amides is 2. The van der Waals surface area contributed by atoms with Gasteiger partial charge in [0, 0.05) is 21.5 Å². The van der Waals surface area contributed by atoms with Crippen molar-refractivity contribution in [3.05, 3.63) is 95.6 Å². The Morgan fingerprint density at radius 3 is 2.43 bits per heavy atom. The molecule has 0 radical (unpaired) electrons. The van der Waals surface area contributed by atoms with Gasteiger partial charge in [0.15, 0.2) is 0 Å². The lowest BCUT2D eigenvalue weighted by atomic mass is 10.0. The molecule has 1 unspecified atom stereocenters. The molecule has 0 spiro atoms. The van der Waals surface area contributed by atoms with E-state index < -0.39 is 17.5 Å². The number of carbonyl (C=O) groups excluding carboxylic acids is 2. The van der Waals surface area contributed by atoms with E-state index in [0.29, 0.717) is 33.4 Å². The van der Waals surface area contributed by atoms with E-state index in [-0.39, 0.29) is 12.5 Å². The minimum absolute atomic E-state index is 0.275. The molecule has 1 N–H and O–H groups in total. The maximum Gasteiger partial charge on any atom is 0.251 e. The molecule has 0 saturated heterocycles. The second-order valence-corrected chi connectivity index (χ2v) is 11.2. The number of para-hydroxylation sites is 1. The van der Waals surface area contributed by atoms with Crippen LogP contribution >= 0.6 is 11.6 Å². The zero-order valence-electron chi connectivity index (χ0n) is 23.7. The van der Waals surface area contributed by atoms with Gasteiger partial charge in [-0.15, -0.1) is 10.2 Å². The lowest BCUT2D eigenvalue weighted by Gasteiger charge is -2.33. The van der Waals surface area contributed by atoms with Gasteiger partial charge in [-0.2, -0.15) is 4.80 Å². The summed E-state index contributed by atoms with van der Waals surface area (Å²) in [6, 6.07) is 22.4. The lowest BCUT2D eigenvalue weighted by Crippen LogP contribution is -2.50. The molecule has 2 heterocycles. The largest absolute Gasteiger partial charge is 0.497 e. The summed E-state index contributed by atoms with van der Waals surface area (Å²) in [4.78, 5) is 35.4. The molecule has 3 aromatic carbocycles. The van der Waals surface area contributed by atoms with Gasteiger partial charge >= 0.3 is 0 Å². The number of benzene rings is 3. The summed E-state index contributed by atoms with van der Waals surface area (Å²) in [5, 5.41) is 17.1. The Hall–Kier alpha value is -4.83. The number of aromatic nitrogens is 5. The zero-order chi connectivity index (χ0) is 29.9. The highest BCUT2D eigenvalue weighted by atomic mass is 35.5. The normalized spacial score (nSPS) is 12.1. The first kappa shape index (κ1) is 28.7. The molecule has 0 bridgehead atoms. The van der Waals surface area contributed by atoms with Crippen molar-refractivity contribution in [2.75, 3.05) is 12.0 Å². The smallest absolute Gasteiger partial charge is 0.251 e. The standard InChI is InChI=1S/C31H30ClN7O3/c1-31(2,3)34-30(41)28(20-11-15-25(42-4)16-12-20)39(24-17-22-7-5-6-8-26(22)33-18-24)27(40)19-38-36-29(35-37-38)21-9-13-23(32)14-10-21/h5-18,28H,19H2,1-4H3,(H,34,41). The minimum atomic E-state index is -1.04. The molecule has 2 aromatic heterocycles. The number of nitrogens with one attached hydrogen (secondary N) is 1. The molecular weight excluding hydrogens is 554 g/mol. The van der Waals surface area contributed by atoms with Crippen LogP contribution in [0.1, 0.15) is 32.4 Å². The van der Waals surface area contributed by atoms with Crippen LogP contribution < -0.4 is 15.0 Å². The highest BCUT2D eigenvalue weighted by Crippen LogP contribution is 2.31. The molecule has 42 heavy (non-hydrogen) atoms. The predicted molar refractivity (Wildman–Crippen MR) is 161 cm³/mol. The quantitative estimate of drug-likeness (QED) is 0.266. The lowest BCUT2D eigenvalue weighted by molar-refractivity contribution is -0.128. The molecule has 0 aliphatic carbocycles. The molecule has 214 valence electrons. The van der Waals surface area contributed by atoms with Crippen LogP contribution in [-0.2, 0) is 16.1 Å². The van der Waals surface area contributed by atoms with Crippen molar-refractivity contribution in [1.29, 1.82) is 0 Å². The third-order valence-corrected chi connectivity index (χ3v) is 6.64. The Kier molecular flexibility index (Phi) is 8.17. The topological polar surface area (TPSA) is 115 Å². The van der Waals surface area contributed by atoms with E-state index in [4.69, 9.17) is 16.3 Å². The van der Waals surface area contributed by atoms with Gasteiger partial charge < -0.3 is 10.1 Å². The van der Waals surface area contributed by atoms with Gasteiger partial charge in [0.2, 0.25) is 11.7 Å². The van der Waals surface area contributed by atoms with Gasteiger partial charge in [-0.1, -0.05) is 41.9 Å². The molecule has 5 rings (SSSR count). The number of nitrogens with zero attached hydrogens (tertiary/aromatic N) is 6. The van der Waals surface area contributed by atoms with E-state index in [2.05, 4.69) is 25.7 Å². The summed E-state index contributed by atoms with van der Waals surface area (Å²) >= 11 is 6.01. The second-order valence-electron chi connectivity index (χ2n) is 10.7. The summed E-state index contributed by atoms with van der Waals surface area (Å²) < 4.78 is 5.33. The third-order valence-electron chi connectivity index (χ3n) is 6.39. The zero-order valence-corrected chi connectivity index (χ0v) is 24.4. The Bertz CT molecular complexity index is 1710. The number of hydrogen-bond donors (Lipinski definition) is 1. The predicted octanol–water partition coefficient (Wildman–Crippen LogP) is 5.24. The van der Waals surface area contributed by atoms with Gasteiger partial charge in [-0.25, -0.2) is 0 Å². The van der Waals surface area contributed by atoms with Crippen LogP contribution in [0.3, 0.4) is 0 Å². The SMILES string of the molecule is COc1ccc(C(C(=O)NC(C)(C)C)N(C(=O)Cn2nnc(-c3ccc(Cl)cc3)n2)c2cnc3ccccc3c2)cc1. The summed E-state index contributed by atoms with van der Waals surface area (Å²) in [5.41, 5.74) is 1.95.